The van der Waals surface area contributed by atoms with Gasteiger partial charge in [-0.2, -0.15) is 0 Å². The molecule has 0 saturated heterocycles. The Hall–Kier alpha value is 1.57. The zero-order chi connectivity index (χ0) is 2.00. The fourth-order valence-corrected chi connectivity index (χ4v) is 0. The molecule has 0 aliphatic heterocycles. The van der Waals surface area contributed by atoms with Gasteiger partial charge in [-0.1, -0.05) is 0 Å². The first-order chi connectivity index (χ1) is 1.00. The molecule has 0 amide bonds. The Morgan fingerprint density at radius 3 is 1.25 bits per heavy atom. The Morgan fingerprint density at radius 2 is 1.25 bits per heavy atom. The van der Waals surface area contributed by atoms with Crippen molar-refractivity contribution in [1.29, 1.82) is 0 Å². The number of nitrogens with two attached hydrogens (primary N) is 1. The third-order valence-corrected chi connectivity index (χ3v) is 0. The largest absolute Gasteiger partial charge is 0.333 e. The van der Waals surface area contributed by atoms with Gasteiger partial charge in [0.05, 0.1) is 0 Å². The van der Waals surface area contributed by atoms with E-state index in [4.69, 9.17) is 0 Å². The summed E-state index contributed by atoms with van der Waals surface area (Å²) >= 11 is 0. The third kappa shape index (κ3) is 9.56. The van der Waals surface area contributed by atoms with Crippen LogP contribution in [0.5, 0.6) is 0 Å². The zero-order valence-electron chi connectivity index (χ0n) is 2.43. The van der Waals surface area contributed by atoms with Gasteiger partial charge in [0.25, 0.3) is 0 Å². The van der Waals surface area contributed by atoms with Gasteiger partial charge in [-0.3, -0.25) is 0 Å². The molecule has 0 unspecified atom stereocenters. The number of rotatable bonds is 0. The van der Waals surface area contributed by atoms with Crippen LogP contribution in [0.3, 0.4) is 0 Å². The predicted octanol–water partition coefficient (Wildman–Crippen LogP) is -0.188. The van der Waals surface area contributed by atoms with Crippen molar-refractivity contribution in [2.45, 2.75) is 0 Å². The van der Waals surface area contributed by atoms with Crippen molar-refractivity contribution >= 4 is 50.2 Å². The van der Waals surface area contributed by atoms with Crippen molar-refractivity contribution < 1.29 is 0 Å². The molecule has 0 saturated carbocycles. The van der Waals surface area contributed by atoms with E-state index in [0.717, 1.165) is 0 Å². The summed E-state index contributed by atoms with van der Waals surface area (Å²) < 4.78 is 0. The van der Waals surface area contributed by atoms with Crippen molar-refractivity contribution in [3.63, 3.8) is 0 Å². The van der Waals surface area contributed by atoms with Crippen LogP contribution in [-0.4, -0.2) is 33.3 Å². The summed E-state index contributed by atoms with van der Waals surface area (Å²) in [5.41, 5.74) is 4.50. The molecule has 0 atom stereocenters. The van der Waals surface area contributed by atoms with E-state index in [2.05, 4.69) is 5.73 Å². The van der Waals surface area contributed by atoms with Crippen LogP contribution in [0.2, 0.25) is 0 Å². The van der Waals surface area contributed by atoms with Gasteiger partial charge in [-0.25, -0.2) is 0 Å². The van der Waals surface area contributed by atoms with E-state index in [1.807, 2.05) is 0 Å². The van der Waals surface area contributed by atoms with Crippen molar-refractivity contribution in [2.75, 3.05) is 7.05 Å². The maximum absolute atomic E-state index is 4.50. The molecule has 0 aliphatic rings. The van der Waals surface area contributed by atoms with Crippen molar-refractivity contribution in [2.24, 2.45) is 5.73 Å². The molecule has 0 aliphatic carbocycles. The summed E-state index contributed by atoms with van der Waals surface area (Å²) in [4.78, 5) is 0. The summed E-state index contributed by atoms with van der Waals surface area (Å²) in [7, 11) is 1.50. The first-order valence-corrected chi connectivity index (χ1v) is 0.577. The molecule has 2 N–H and O–H groups in total. The van der Waals surface area contributed by atoms with Gasteiger partial charge in [-0.15, -0.1) is 24.0 Å². The van der Waals surface area contributed by atoms with E-state index in [1.165, 1.54) is 7.05 Å². The zero-order valence-corrected chi connectivity index (χ0v) is 8.24. The minimum atomic E-state index is 0. The first kappa shape index (κ1) is 17.6. The Kier molecular flexibility index (Phi) is 104. The first-order valence-electron chi connectivity index (χ1n) is 0.577. The average Bonchev–Trinajstić information content (AvgIpc) is 1.00. The van der Waals surface area contributed by atoms with Crippen LogP contribution in [-0.2, 0) is 0 Å². The summed E-state index contributed by atoms with van der Waals surface area (Å²) in [6.45, 7) is 0. The molecule has 27 valence electrons. The van der Waals surface area contributed by atoms with Crippen LogP contribution in [0.15, 0.2) is 0 Å². The molecule has 0 rings (SSSR count). The molecular formula is CH6BiIN. The van der Waals surface area contributed by atoms with E-state index in [0.29, 0.717) is 0 Å². The SMILES string of the molecule is CN.I.[Bi]. The molecule has 4 heavy (non-hydrogen) atoms. The fourth-order valence-electron chi connectivity index (χ4n) is 0. The summed E-state index contributed by atoms with van der Waals surface area (Å²) in [5, 5.41) is 0. The Labute approximate surface area is 62.5 Å². The Bertz CT molecular complexity index is 8.00. The molecule has 1 nitrogen and oxygen atoms in total. The standard InChI is InChI=1S/CH5N.Bi.HI/c1-2;;/h2H2,1H3;;1H. The molecule has 0 aromatic carbocycles. The van der Waals surface area contributed by atoms with Gasteiger partial charge in [0.2, 0.25) is 0 Å². The summed E-state index contributed by atoms with van der Waals surface area (Å²) in [6.07, 6.45) is 0. The van der Waals surface area contributed by atoms with Gasteiger partial charge in [-0.05, 0) is 7.05 Å². The summed E-state index contributed by atoms with van der Waals surface area (Å²) in [6, 6.07) is 0. The van der Waals surface area contributed by atoms with Gasteiger partial charge in [0.1, 0.15) is 0 Å². The van der Waals surface area contributed by atoms with Gasteiger partial charge < -0.3 is 5.73 Å². The second kappa shape index (κ2) is 23.6. The molecule has 0 fully saturated rings. The van der Waals surface area contributed by atoms with E-state index in [-0.39, 0.29) is 50.2 Å². The van der Waals surface area contributed by atoms with Crippen molar-refractivity contribution in [1.82, 2.24) is 0 Å². The second-order valence-electron chi connectivity index (χ2n) is 0. The average molecular weight is 368 g/mol. The minimum absolute atomic E-state index is 0. The maximum Gasteiger partial charge on any atom is 0 e. The molecule has 0 heterocycles. The van der Waals surface area contributed by atoms with E-state index in [9.17, 15) is 0 Å². The summed E-state index contributed by atoms with van der Waals surface area (Å²) in [5.74, 6) is 0. The molecule has 0 aromatic heterocycles. The van der Waals surface area contributed by atoms with Crippen LogP contribution >= 0.6 is 24.0 Å². The molecular weight excluding hydrogens is 362 g/mol. The normalized spacial score (nSPS) is 1.50. The van der Waals surface area contributed by atoms with Crippen LogP contribution in [0.4, 0.5) is 0 Å². The third-order valence-electron chi connectivity index (χ3n) is 0. The minimum Gasteiger partial charge on any atom is -0.333 e. The molecule has 0 spiro atoms. The monoisotopic (exact) mass is 368 g/mol. The van der Waals surface area contributed by atoms with Crippen LogP contribution < -0.4 is 5.73 Å². The number of halogens is 1. The molecule has 3 radical (unpaired) electrons. The number of hydrogen-bond acceptors (Lipinski definition) is 1. The number of hydrogen-bond donors (Lipinski definition) is 1. The van der Waals surface area contributed by atoms with E-state index < -0.39 is 0 Å². The van der Waals surface area contributed by atoms with E-state index in [1.54, 1.807) is 0 Å². The van der Waals surface area contributed by atoms with Crippen LogP contribution in [0.25, 0.3) is 0 Å². The quantitative estimate of drug-likeness (QED) is 0.466. The van der Waals surface area contributed by atoms with Gasteiger partial charge >= 0.3 is 0 Å². The topological polar surface area (TPSA) is 26.0 Å². The Balaban J connectivity index is -0.00000000500. The van der Waals surface area contributed by atoms with Gasteiger partial charge in [0, 0.05) is 26.2 Å². The van der Waals surface area contributed by atoms with Crippen LogP contribution in [0, 0.1) is 0 Å². The second-order valence-corrected chi connectivity index (χ2v) is 0. The van der Waals surface area contributed by atoms with Crippen molar-refractivity contribution in [3.05, 3.63) is 0 Å². The molecule has 0 aromatic rings. The predicted molar refractivity (Wildman–Crippen MR) is 31.3 cm³/mol. The molecule has 0 bridgehead atoms. The van der Waals surface area contributed by atoms with Crippen LogP contribution in [0.1, 0.15) is 0 Å². The molecule has 3 heteroatoms. The smallest absolute Gasteiger partial charge is 0 e. The van der Waals surface area contributed by atoms with E-state index >= 15 is 0 Å². The van der Waals surface area contributed by atoms with Gasteiger partial charge in [0.15, 0.2) is 0 Å². The van der Waals surface area contributed by atoms with Crippen molar-refractivity contribution in [3.8, 4) is 0 Å². The maximum atomic E-state index is 4.50. The fraction of sp³-hybridized carbons (Fsp3) is 1.00. The Morgan fingerprint density at radius 1 is 1.25 bits per heavy atom.